The van der Waals surface area contributed by atoms with E-state index in [4.69, 9.17) is 14.6 Å². The van der Waals surface area contributed by atoms with Crippen molar-refractivity contribution in [3.8, 4) is 11.5 Å². The summed E-state index contributed by atoms with van der Waals surface area (Å²) in [6, 6.07) is 6.95. The van der Waals surface area contributed by atoms with Crippen molar-refractivity contribution in [3.05, 3.63) is 24.3 Å². The average Bonchev–Trinajstić information content (AvgIpc) is 2.42. The third kappa shape index (κ3) is 4.50. The number of methoxy groups -OCH3 is 1. The molecule has 0 radical (unpaired) electrons. The molecule has 0 aliphatic heterocycles. The second kappa shape index (κ2) is 7.25. The number of para-hydroxylation sites is 2. The number of carbonyl (C=O) groups excluding carboxylic acids is 1. The molecule has 0 spiro atoms. The van der Waals surface area contributed by atoms with Crippen molar-refractivity contribution in [2.75, 3.05) is 26.8 Å². The van der Waals surface area contributed by atoms with Gasteiger partial charge in [0.15, 0.2) is 18.1 Å². The lowest BCUT2D eigenvalue weighted by molar-refractivity contribution is -0.145. The minimum absolute atomic E-state index is 0.221. The van der Waals surface area contributed by atoms with Crippen molar-refractivity contribution in [1.29, 1.82) is 0 Å². The molecule has 1 rings (SSSR count). The number of carboxylic acids is 1. The molecule has 1 N–H and O–H groups in total. The molecule has 1 amide bonds. The molecule has 6 nitrogen and oxygen atoms in total. The van der Waals surface area contributed by atoms with Crippen LogP contribution in [0.4, 0.5) is 0 Å². The number of hydrogen-bond acceptors (Lipinski definition) is 4. The summed E-state index contributed by atoms with van der Waals surface area (Å²) in [5.41, 5.74) is 0. The van der Waals surface area contributed by atoms with Gasteiger partial charge in [-0.1, -0.05) is 12.1 Å². The van der Waals surface area contributed by atoms with Crippen molar-refractivity contribution in [2.24, 2.45) is 0 Å². The van der Waals surface area contributed by atoms with Gasteiger partial charge in [0.05, 0.1) is 7.11 Å². The normalized spacial score (nSPS) is 9.79. The number of carbonyl (C=O) groups is 2. The second-order valence-corrected chi connectivity index (χ2v) is 3.74. The number of aliphatic carboxylic acids is 1. The first kappa shape index (κ1) is 14.8. The predicted octanol–water partition coefficient (Wildman–Crippen LogP) is 1.01. The fourth-order valence-electron chi connectivity index (χ4n) is 1.51. The SMILES string of the molecule is CCN(CC(=O)O)C(=O)COc1ccccc1OC. The van der Waals surface area contributed by atoms with E-state index < -0.39 is 5.97 Å². The van der Waals surface area contributed by atoms with E-state index in [0.717, 1.165) is 0 Å². The van der Waals surface area contributed by atoms with Crippen LogP contribution in [0.25, 0.3) is 0 Å². The Kier molecular flexibility index (Phi) is 5.66. The quantitative estimate of drug-likeness (QED) is 0.797. The lowest BCUT2D eigenvalue weighted by Gasteiger charge is -2.19. The topological polar surface area (TPSA) is 76.1 Å². The van der Waals surface area contributed by atoms with Crippen molar-refractivity contribution >= 4 is 11.9 Å². The summed E-state index contributed by atoms with van der Waals surface area (Å²) in [5, 5.41) is 8.68. The van der Waals surface area contributed by atoms with Crippen molar-refractivity contribution in [2.45, 2.75) is 6.92 Å². The van der Waals surface area contributed by atoms with Gasteiger partial charge in [-0.05, 0) is 19.1 Å². The second-order valence-electron chi connectivity index (χ2n) is 3.74. The average molecular weight is 267 g/mol. The largest absolute Gasteiger partial charge is 0.493 e. The van der Waals surface area contributed by atoms with E-state index in [-0.39, 0.29) is 19.1 Å². The molecule has 0 fully saturated rings. The van der Waals surface area contributed by atoms with Crippen LogP contribution < -0.4 is 9.47 Å². The molecule has 0 saturated carbocycles. The Morgan fingerprint density at radius 1 is 1.26 bits per heavy atom. The highest BCUT2D eigenvalue weighted by Gasteiger charge is 2.16. The van der Waals surface area contributed by atoms with E-state index in [0.29, 0.717) is 18.0 Å². The van der Waals surface area contributed by atoms with Gasteiger partial charge >= 0.3 is 5.97 Å². The third-order valence-corrected chi connectivity index (χ3v) is 2.48. The molecule has 0 aromatic heterocycles. The summed E-state index contributed by atoms with van der Waals surface area (Å²) < 4.78 is 10.4. The highest BCUT2D eigenvalue weighted by Crippen LogP contribution is 2.25. The minimum Gasteiger partial charge on any atom is -0.493 e. The van der Waals surface area contributed by atoms with E-state index in [1.165, 1.54) is 12.0 Å². The van der Waals surface area contributed by atoms with Gasteiger partial charge in [0.1, 0.15) is 6.54 Å². The summed E-state index contributed by atoms with van der Waals surface area (Å²) in [6.07, 6.45) is 0. The van der Waals surface area contributed by atoms with Crippen molar-refractivity contribution in [3.63, 3.8) is 0 Å². The van der Waals surface area contributed by atoms with E-state index in [2.05, 4.69) is 0 Å². The van der Waals surface area contributed by atoms with E-state index in [9.17, 15) is 9.59 Å². The standard InChI is InChI=1S/C13H17NO5/c1-3-14(8-13(16)17)12(15)9-19-11-7-5-4-6-10(11)18-2/h4-7H,3,8-9H2,1-2H3,(H,16,17). The van der Waals surface area contributed by atoms with Gasteiger partial charge in [0.25, 0.3) is 5.91 Å². The molecule has 1 aromatic carbocycles. The maximum Gasteiger partial charge on any atom is 0.323 e. The van der Waals surface area contributed by atoms with Gasteiger partial charge in [0.2, 0.25) is 0 Å². The fourth-order valence-corrected chi connectivity index (χ4v) is 1.51. The molecule has 0 unspecified atom stereocenters. The van der Waals surface area contributed by atoms with Gasteiger partial charge < -0.3 is 19.5 Å². The molecule has 0 atom stereocenters. The highest BCUT2D eigenvalue weighted by atomic mass is 16.5. The summed E-state index contributed by atoms with van der Waals surface area (Å²) in [4.78, 5) is 23.6. The van der Waals surface area contributed by atoms with Crippen LogP contribution in [0, 0.1) is 0 Å². The van der Waals surface area contributed by atoms with Crippen LogP contribution in [0.15, 0.2) is 24.3 Å². The lowest BCUT2D eigenvalue weighted by Crippen LogP contribution is -2.38. The van der Waals surface area contributed by atoms with Crippen LogP contribution in [0.3, 0.4) is 0 Å². The number of benzene rings is 1. The first-order valence-corrected chi connectivity index (χ1v) is 5.83. The van der Waals surface area contributed by atoms with Crippen LogP contribution in [0.5, 0.6) is 11.5 Å². The first-order valence-electron chi connectivity index (χ1n) is 5.83. The van der Waals surface area contributed by atoms with Gasteiger partial charge in [-0.2, -0.15) is 0 Å². The molecule has 0 saturated heterocycles. The van der Waals surface area contributed by atoms with Crippen LogP contribution in [-0.2, 0) is 9.59 Å². The molecule has 0 heterocycles. The van der Waals surface area contributed by atoms with Crippen LogP contribution in [-0.4, -0.2) is 48.7 Å². The number of nitrogens with zero attached hydrogens (tertiary/aromatic N) is 1. The summed E-state index contributed by atoms with van der Waals surface area (Å²) in [5.74, 6) is -0.454. The Hall–Kier alpha value is -2.24. The Morgan fingerprint density at radius 2 is 1.89 bits per heavy atom. The van der Waals surface area contributed by atoms with Crippen LogP contribution in [0.2, 0.25) is 0 Å². The number of rotatable bonds is 7. The molecule has 0 aliphatic rings. The smallest absolute Gasteiger partial charge is 0.323 e. The summed E-state index contributed by atoms with van der Waals surface area (Å²) in [6.45, 7) is 1.48. The number of ether oxygens (including phenoxy) is 2. The number of likely N-dealkylation sites (N-methyl/N-ethyl adjacent to an activating group) is 1. The van der Waals surface area contributed by atoms with Gasteiger partial charge in [-0.15, -0.1) is 0 Å². The first-order chi connectivity index (χ1) is 9.08. The Morgan fingerprint density at radius 3 is 2.42 bits per heavy atom. The molecule has 19 heavy (non-hydrogen) atoms. The molecule has 0 aliphatic carbocycles. The zero-order chi connectivity index (χ0) is 14.3. The Labute approximate surface area is 111 Å². The zero-order valence-corrected chi connectivity index (χ0v) is 11.0. The lowest BCUT2D eigenvalue weighted by atomic mass is 10.3. The molecule has 0 bridgehead atoms. The third-order valence-electron chi connectivity index (χ3n) is 2.48. The van der Waals surface area contributed by atoms with Crippen molar-refractivity contribution < 1.29 is 24.2 Å². The minimum atomic E-state index is -1.05. The molecule has 1 aromatic rings. The number of amides is 1. The molecular weight excluding hydrogens is 250 g/mol. The van der Waals surface area contributed by atoms with Gasteiger partial charge in [-0.3, -0.25) is 9.59 Å². The highest BCUT2D eigenvalue weighted by molar-refractivity contribution is 5.82. The van der Waals surface area contributed by atoms with Crippen LogP contribution >= 0.6 is 0 Å². The number of hydrogen-bond donors (Lipinski definition) is 1. The van der Waals surface area contributed by atoms with E-state index in [1.807, 2.05) is 0 Å². The Balaban J connectivity index is 2.60. The van der Waals surface area contributed by atoms with E-state index in [1.54, 1.807) is 31.2 Å². The maximum atomic E-state index is 11.8. The van der Waals surface area contributed by atoms with Crippen LogP contribution in [0.1, 0.15) is 6.92 Å². The monoisotopic (exact) mass is 267 g/mol. The summed E-state index contributed by atoms with van der Waals surface area (Å²) in [7, 11) is 1.51. The molecule has 6 heteroatoms. The zero-order valence-electron chi connectivity index (χ0n) is 11.0. The fraction of sp³-hybridized carbons (Fsp3) is 0.385. The number of carboxylic acid groups (broad SMARTS) is 1. The van der Waals surface area contributed by atoms with Gasteiger partial charge in [-0.25, -0.2) is 0 Å². The predicted molar refractivity (Wildman–Crippen MR) is 68.4 cm³/mol. The van der Waals surface area contributed by atoms with Gasteiger partial charge in [0, 0.05) is 6.54 Å². The molecule has 104 valence electrons. The Bertz CT molecular complexity index is 446. The molecular formula is C13H17NO5. The summed E-state index contributed by atoms with van der Waals surface area (Å²) >= 11 is 0. The van der Waals surface area contributed by atoms with E-state index >= 15 is 0 Å². The maximum absolute atomic E-state index is 11.8. The van der Waals surface area contributed by atoms with Crippen molar-refractivity contribution in [1.82, 2.24) is 4.90 Å².